The van der Waals surface area contributed by atoms with E-state index in [0.29, 0.717) is 45.8 Å². The van der Waals surface area contributed by atoms with Gasteiger partial charge in [-0.1, -0.05) is 29.8 Å². The number of aromatic nitrogens is 4. The molecule has 1 aliphatic carbocycles. The molecule has 0 atom stereocenters. The normalized spacial score (nSPS) is 19.8. The number of hydrogen-bond acceptors (Lipinski definition) is 6. The summed E-state index contributed by atoms with van der Waals surface area (Å²) in [6.07, 6.45) is 5.93. The third-order valence-electron chi connectivity index (χ3n) is 6.35. The first kappa shape index (κ1) is 22.5. The lowest BCUT2D eigenvalue weighted by Gasteiger charge is -2.46. The van der Waals surface area contributed by atoms with Crippen LogP contribution >= 0.6 is 11.6 Å². The van der Waals surface area contributed by atoms with Gasteiger partial charge in [0.15, 0.2) is 0 Å². The van der Waals surface area contributed by atoms with Gasteiger partial charge in [0.05, 0.1) is 58.8 Å². The lowest BCUT2D eigenvalue weighted by molar-refractivity contribution is -0.0258. The third-order valence-corrected chi connectivity index (χ3v) is 6.64. The van der Waals surface area contributed by atoms with Crippen LogP contribution in [0.5, 0.6) is 0 Å². The van der Waals surface area contributed by atoms with Crippen LogP contribution in [0, 0.1) is 5.82 Å². The number of nitrogens with one attached hydrogen (secondary N) is 1. The predicted molar refractivity (Wildman–Crippen MR) is 127 cm³/mol. The molecule has 0 saturated heterocycles. The van der Waals surface area contributed by atoms with Crippen LogP contribution in [0.3, 0.4) is 0 Å². The highest BCUT2D eigenvalue weighted by molar-refractivity contribution is 6.32. The van der Waals surface area contributed by atoms with Crippen molar-refractivity contribution in [3.63, 3.8) is 0 Å². The van der Waals surface area contributed by atoms with Crippen LogP contribution < -0.4 is 10.9 Å². The molecule has 34 heavy (non-hydrogen) atoms. The van der Waals surface area contributed by atoms with Gasteiger partial charge < -0.3 is 15.2 Å². The van der Waals surface area contributed by atoms with E-state index in [4.69, 9.17) is 16.3 Å². The van der Waals surface area contributed by atoms with Crippen LogP contribution in [0.1, 0.15) is 18.4 Å². The average Bonchev–Trinajstić information content (AvgIpc) is 3.23. The van der Waals surface area contributed by atoms with Gasteiger partial charge in [-0.2, -0.15) is 5.10 Å². The summed E-state index contributed by atoms with van der Waals surface area (Å²) < 4.78 is 22.4. The molecule has 1 fully saturated rings. The number of ether oxygens (including phenoxy) is 1. The van der Waals surface area contributed by atoms with Gasteiger partial charge in [0.2, 0.25) is 0 Å². The highest BCUT2D eigenvalue weighted by Crippen LogP contribution is 2.37. The SMILES string of the molecule is COC1CC(CO)(Nc2cc(-n3ccc4c(cnn4Cc4ccccc4F)c3=O)c(Cl)cn2)C1. The number of halogens is 2. The fourth-order valence-corrected chi connectivity index (χ4v) is 4.58. The number of pyridine rings is 2. The molecule has 176 valence electrons. The van der Waals surface area contributed by atoms with Crippen LogP contribution in [-0.2, 0) is 11.3 Å². The Morgan fingerprint density at radius 1 is 1.29 bits per heavy atom. The lowest BCUT2D eigenvalue weighted by Crippen LogP contribution is -2.56. The number of anilines is 1. The minimum atomic E-state index is -0.526. The summed E-state index contributed by atoms with van der Waals surface area (Å²) in [5, 5.41) is 18.1. The van der Waals surface area contributed by atoms with Gasteiger partial charge in [0.25, 0.3) is 5.56 Å². The molecular formula is C24H23ClFN5O3. The minimum Gasteiger partial charge on any atom is -0.394 e. The summed E-state index contributed by atoms with van der Waals surface area (Å²) in [4.78, 5) is 17.6. The van der Waals surface area contributed by atoms with E-state index in [1.807, 2.05) is 0 Å². The quantitative estimate of drug-likeness (QED) is 0.418. The highest BCUT2D eigenvalue weighted by Gasteiger charge is 2.44. The molecule has 0 spiro atoms. The maximum atomic E-state index is 14.1. The molecule has 1 aliphatic rings. The number of methoxy groups -OCH3 is 1. The van der Waals surface area contributed by atoms with E-state index in [1.165, 1.54) is 23.0 Å². The van der Waals surface area contributed by atoms with Crippen LogP contribution in [0.15, 0.2) is 59.8 Å². The molecule has 1 saturated carbocycles. The molecule has 2 N–H and O–H groups in total. The van der Waals surface area contributed by atoms with Crippen LogP contribution in [-0.4, -0.2) is 49.8 Å². The molecule has 1 aromatic carbocycles. The van der Waals surface area contributed by atoms with Crippen LogP contribution in [0.25, 0.3) is 16.6 Å². The molecule has 0 aliphatic heterocycles. The summed E-state index contributed by atoms with van der Waals surface area (Å²) in [5.74, 6) is 0.164. The Kier molecular flexibility index (Phi) is 5.85. The largest absolute Gasteiger partial charge is 0.394 e. The zero-order chi connectivity index (χ0) is 23.9. The molecule has 10 heteroatoms. The smallest absolute Gasteiger partial charge is 0.266 e. The van der Waals surface area contributed by atoms with Gasteiger partial charge in [-0.05, 0) is 25.0 Å². The topological polar surface area (TPSA) is 94.2 Å². The Morgan fingerprint density at radius 3 is 2.82 bits per heavy atom. The maximum absolute atomic E-state index is 14.1. The minimum absolute atomic E-state index is 0.0698. The third kappa shape index (κ3) is 3.96. The molecule has 3 heterocycles. The summed E-state index contributed by atoms with van der Waals surface area (Å²) in [5.41, 5.74) is 0.683. The maximum Gasteiger partial charge on any atom is 0.266 e. The van der Waals surface area contributed by atoms with Crippen molar-refractivity contribution in [1.82, 2.24) is 19.3 Å². The van der Waals surface area contributed by atoms with Crippen molar-refractivity contribution in [3.05, 3.63) is 81.7 Å². The van der Waals surface area contributed by atoms with Gasteiger partial charge in [-0.25, -0.2) is 9.37 Å². The first-order chi connectivity index (χ1) is 16.4. The number of hydrogen-bond donors (Lipinski definition) is 2. The van der Waals surface area contributed by atoms with Crippen LogP contribution in [0.2, 0.25) is 5.02 Å². The number of aliphatic hydroxyl groups excluding tert-OH is 1. The van der Waals surface area contributed by atoms with Crippen LogP contribution in [0.4, 0.5) is 10.2 Å². The number of fused-ring (bicyclic) bond motifs is 1. The summed E-state index contributed by atoms with van der Waals surface area (Å²) in [6.45, 7) is 0.134. The van der Waals surface area contributed by atoms with E-state index in [0.717, 1.165) is 0 Å². The Bertz CT molecular complexity index is 1410. The van der Waals surface area contributed by atoms with Crippen molar-refractivity contribution in [1.29, 1.82) is 0 Å². The van der Waals surface area contributed by atoms with E-state index in [9.17, 15) is 14.3 Å². The molecule has 8 nitrogen and oxygen atoms in total. The molecule has 4 aromatic rings. The number of benzene rings is 1. The van der Waals surface area contributed by atoms with Crippen molar-refractivity contribution < 1.29 is 14.2 Å². The van der Waals surface area contributed by atoms with Crippen molar-refractivity contribution in [2.24, 2.45) is 0 Å². The molecule has 5 rings (SSSR count). The van der Waals surface area contributed by atoms with Gasteiger partial charge in [-0.15, -0.1) is 0 Å². The van der Waals surface area contributed by atoms with Crippen molar-refractivity contribution in [2.75, 3.05) is 19.0 Å². The highest BCUT2D eigenvalue weighted by atomic mass is 35.5. The molecule has 0 unspecified atom stereocenters. The van der Waals surface area contributed by atoms with Crippen molar-refractivity contribution in [2.45, 2.75) is 31.0 Å². The zero-order valence-electron chi connectivity index (χ0n) is 18.4. The Balaban J connectivity index is 1.48. The van der Waals surface area contributed by atoms with Gasteiger partial charge in [0.1, 0.15) is 11.6 Å². The molecule has 0 amide bonds. The van der Waals surface area contributed by atoms with Gasteiger partial charge in [-0.3, -0.25) is 14.0 Å². The Hall–Kier alpha value is -3.27. The van der Waals surface area contributed by atoms with Gasteiger partial charge in [0, 0.05) is 24.9 Å². The Morgan fingerprint density at radius 2 is 2.09 bits per heavy atom. The average molecular weight is 484 g/mol. The molecule has 3 aromatic heterocycles. The lowest BCUT2D eigenvalue weighted by atomic mass is 9.74. The number of aliphatic hydroxyl groups is 1. The second-order valence-corrected chi connectivity index (χ2v) is 8.94. The van der Waals surface area contributed by atoms with Crippen molar-refractivity contribution >= 4 is 28.3 Å². The predicted octanol–water partition coefficient (Wildman–Crippen LogP) is 3.37. The Labute approximate surface area is 199 Å². The first-order valence-corrected chi connectivity index (χ1v) is 11.2. The van der Waals surface area contributed by atoms with Gasteiger partial charge >= 0.3 is 0 Å². The van der Waals surface area contributed by atoms with E-state index < -0.39 is 5.54 Å². The number of rotatable bonds is 7. The monoisotopic (exact) mass is 483 g/mol. The standard InChI is InChI=1S/C24H23ClFN5O3/c1-34-16-9-24(10-16,14-32)29-22-8-21(18(25)12-27-22)30-7-6-20-17(23(30)33)11-28-31(20)13-15-4-2-3-5-19(15)26/h2-8,11-12,16,32H,9-10,13-14H2,1H3,(H,27,29). The molecular weight excluding hydrogens is 461 g/mol. The zero-order valence-corrected chi connectivity index (χ0v) is 19.2. The fourth-order valence-electron chi connectivity index (χ4n) is 4.38. The van der Waals surface area contributed by atoms with E-state index in [2.05, 4.69) is 15.4 Å². The summed E-state index contributed by atoms with van der Waals surface area (Å²) >= 11 is 6.40. The van der Waals surface area contributed by atoms with E-state index in [1.54, 1.807) is 48.3 Å². The second-order valence-electron chi connectivity index (χ2n) is 8.53. The molecule has 0 radical (unpaired) electrons. The first-order valence-electron chi connectivity index (χ1n) is 10.8. The van der Waals surface area contributed by atoms with E-state index in [-0.39, 0.29) is 30.6 Å². The number of nitrogens with zero attached hydrogens (tertiary/aromatic N) is 4. The van der Waals surface area contributed by atoms with Crippen molar-refractivity contribution in [3.8, 4) is 5.69 Å². The van der Waals surface area contributed by atoms with E-state index >= 15 is 0 Å². The second kappa shape index (κ2) is 8.83. The fraction of sp³-hybridized carbons (Fsp3) is 0.292. The summed E-state index contributed by atoms with van der Waals surface area (Å²) in [6, 6.07) is 9.89. The summed E-state index contributed by atoms with van der Waals surface area (Å²) in [7, 11) is 1.64. The molecule has 0 bridgehead atoms.